The van der Waals surface area contributed by atoms with Crippen LogP contribution in [0.3, 0.4) is 0 Å². The van der Waals surface area contributed by atoms with Crippen molar-refractivity contribution in [3.8, 4) is 0 Å². The summed E-state index contributed by atoms with van der Waals surface area (Å²) in [7, 11) is 0. The molecule has 1 aromatic heterocycles. The summed E-state index contributed by atoms with van der Waals surface area (Å²) in [5.74, 6) is 0.534. The van der Waals surface area contributed by atoms with E-state index in [9.17, 15) is 9.18 Å². The number of benzene rings is 1. The average molecular weight is 357 g/mol. The molecule has 0 spiro atoms. The molecule has 1 aliphatic heterocycles. The quantitative estimate of drug-likeness (QED) is 0.789. The van der Waals surface area contributed by atoms with E-state index < -0.39 is 0 Å². The van der Waals surface area contributed by atoms with Gasteiger partial charge in [-0.15, -0.1) is 0 Å². The lowest BCUT2D eigenvalue weighted by atomic mass is 10.2. The fourth-order valence-electron chi connectivity index (χ4n) is 3.08. The van der Waals surface area contributed by atoms with Gasteiger partial charge in [-0.1, -0.05) is 12.1 Å². The molecule has 1 aromatic carbocycles. The first-order chi connectivity index (χ1) is 12.7. The van der Waals surface area contributed by atoms with Crippen LogP contribution in [0.1, 0.15) is 12.5 Å². The van der Waals surface area contributed by atoms with Crippen molar-refractivity contribution in [3.05, 3.63) is 54.1 Å². The molecule has 0 bridgehead atoms. The van der Waals surface area contributed by atoms with Crippen LogP contribution < -0.4 is 4.90 Å². The number of piperazine rings is 1. The molecule has 0 atom stereocenters. The highest BCUT2D eigenvalue weighted by atomic mass is 19.1. The summed E-state index contributed by atoms with van der Waals surface area (Å²) in [5.41, 5.74) is 0.811. The van der Waals surface area contributed by atoms with Crippen molar-refractivity contribution in [2.75, 3.05) is 44.2 Å². The van der Waals surface area contributed by atoms with Gasteiger partial charge in [-0.2, -0.15) is 0 Å². The second-order valence-corrected chi connectivity index (χ2v) is 6.35. The molecule has 138 valence electrons. The van der Waals surface area contributed by atoms with Crippen molar-refractivity contribution < 1.29 is 9.18 Å². The molecule has 26 heavy (non-hydrogen) atoms. The second kappa shape index (κ2) is 8.71. The van der Waals surface area contributed by atoms with Crippen LogP contribution in [-0.4, -0.2) is 64.9 Å². The zero-order valence-corrected chi connectivity index (χ0v) is 15.0. The number of likely N-dealkylation sites (N-methyl/N-ethyl adjacent to an activating group) is 1. The first-order valence-electron chi connectivity index (χ1n) is 8.92. The van der Waals surface area contributed by atoms with E-state index in [0.717, 1.165) is 37.7 Å². The molecule has 7 heteroatoms. The molecule has 1 aliphatic rings. The molecular weight excluding hydrogens is 333 g/mol. The van der Waals surface area contributed by atoms with Crippen molar-refractivity contribution in [1.29, 1.82) is 0 Å². The van der Waals surface area contributed by atoms with E-state index in [2.05, 4.69) is 19.8 Å². The van der Waals surface area contributed by atoms with Crippen LogP contribution in [0.4, 0.5) is 10.3 Å². The van der Waals surface area contributed by atoms with E-state index in [-0.39, 0.29) is 11.7 Å². The Bertz CT molecular complexity index is 719. The lowest BCUT2D eigenvalue weighted by Gasteiger charge is -2.35. The minimum atomic E-state index is -0.273. The Labute approximate surface area is 153 Å². The number of rotatable bonds is 6. The van der Waals surface area contributed by atoms with Crippen molar-refractivity contribution in [1.82, 2.24) is 19.8 Å². The number of nitrogens with zero attached hydrogens (tertiary/aromatic N) is 5. The Morgan fingerprint density at radius 1 is 1.15 bits per heavy atom. The number of hydrogen-bond donors (Lipinski definition) is 0. The van der Waals surface area contributed by atoms with Crippen LogP contribution in [0.15, 0.2) is 42.7 Å². The van der Waals surface area contributed by atoms with E-state index in [1.165, 1.54) is 12.1 Å². The second-order valence-electron chi connectivity index (χ2n) is 6.35. The van der Waals surface area contributed by atoms with Gasteiger partial charge in [-0.05, 0) is 30.7 Å². The van der Waals surface area contributed by atoms with Crippen LogP contribution in [0, 0.1) is 5.82 Å². The maximum absolute atomic E-state index is 13.3. The summed E-state index contributed by atoms with van der Waals surface area (Å²) in [6, 6.07) is 8.22. The Kier molecular flexibility index (Phi) is 6.12. The van der Waals surface area contributed by atoms with Gasteiger partial charge >= 0.3 is 0 Å². The maximum Gasteiger partial charge on any atom is 0.237 e. The predicted octanol–water partition coefficient (Wildman–Crippen LogP) is 1.79. The molecule has 0 saturated carbocycles. The van der Waals surface area contributed by atoms with Crippen LogP contribution >= 0.6 is 0 Å². The minimum Gasteiger partial charge on any atom is -0.338 e. The molecule has 3 rings (SSSR count). The molecule has 1 saturated heterocycles. The third kappa shape index (κ3) is 4.76. The van der Waals surface area contributed by atoms with Gasteiger partial charge in [-0.3, -0.25) is 9.69 Å². The largest absolute Gasteiger partial charge is 0.338 e. The first kappa shape index (κ1) is 18.3. The average Bonchev–Trinajstić information content (AvgIpc) is 2.67. The van der Waals surface area contributed by atoms with Gasteiger partial charge in [0.25, 0.3) is 0 Å². The van der Waals surface area contributed by atoms with Gasteiger partial charge in [-0.25, -0.2) is 14.4 Å². The van der Waals surface area contributed by atoms with E-state index in [1.54, 1.807) is 29.4 Å². The molecule has 0 unspecified atom stereocenters. The predicted molar refractivity (Wildman–Crippen MR) is 98.2 cm³/mol. The SMILES string of the molecule is CCN(Cc1cccc(F)c1)C(=O)CN1CCN(c2ncccn2)CC1. The highest BCUT2D eigenvalue weighted by molar-refractivity contribution is 5.78. The third-order valence-corrected chi connectivity index (χ3v) is 4.56. The number of amides is 1. The van der Waals surface area contributed by atoms with Crippen molar-refractivity contribution in [2.45, 2.75) is 13.5 Å². The zero-order chi connectivity index (χ0) is 18.4. The molecule has 1 amide bonds. The topological polar surface area (TPSA) is 52.6 Å². The Balaban J connectivity index is 1.51. The lowest BCUT2D eigenvalue weighted by Crippen LogP contribution is -2.50. The zero-order valence-electron chi connectivity index (χ0n) is 15.0. The van der Waals surface area contributed by atoms with Crippen LogP contribution in [0.5, 0.6) is 0 Å². The lowest BCUT2D eigenvalue weighted by molar-refractivity contribution is -0.132. The number of carbonyl (C=O) groups excluding carboxylic acids is 1. The minimum absolute atomic E-state index is 0.0705. The van der Waals surface area contributed by atoms with E-state index in [1.807, 2.05) is 13.0 Å². The number of halogens is 1. The monoisotopic (exact) mass is 357 g/mol. The molecule has 0 radical (unpaired) electrons. The fourth-order valence-corrected chi connectivity index (χ4v) is 3.08. The third-order valence-electron chi connectivity index (χ3n) is 4.56. The maximum atomic E-state index is 13.3. The Morgan fingerprint density at radius 2 is 1.88 bits per heavy atom. The Hall–Kier alpha value is -2.54. The number of anilines is 1. The van der Waals surface area contributed by atoms with Crippen LogP contribution in [-0.2, 0) is 11.3 Å². The standard InChI is InChI=1S/C19H24FN5O/c1-2-24(14-16-5-3-6-17(20)13-16)18(26)15-23-9-11-25(12-10-23)19-21-7-4-8-22-19/h3-8,13H,2,9-12,14-15H2,1H3. The van der Waals surface area contributed by atoms with Gasteiger partial charge in [0, 0.05) is 51.7 Å². The fraction of sp³-hybridized carbons (Fsp3) is 0.421. The summed E-state index contributed by atoms with van der Waals surface area (Å²) in [6.07, 6.45) is 3.48. The van der Waals surface area contributed by atoms with Gasteiger partial charge in [0.2, 0.25) is 11.9 Å². The smallest absolute Gasteiger partial charge is 0.237 e. The Morgan fingerprint density at radius 3 is 2.54 bits per heavy atom. The summed E-state index contributed by atoms with van der Waals surface area (Å²) in [5, 5.41) is 0. The summed E-state index contributed by atoms with van der Waals surface area (Å²) >= 11 is 0. The van der Waals surface area contributed by atoms with Gasteiger partial charge in [0.15, 0.2) is 0 Å². The van der Waals surface area contributed by atoms with Crippen molar-refractivity contribution >= 4 is 11.9 Å². The molecular formula is C19H24FN5O. The highest BCUT2D eigenvalue weighted by Crippen LogP contribution is 2.11. The number of aromatic nitrogens is 2. The van der Waals surface area contributed by atoms with E-state index in [0.29, 0.717) is 19.6 Å². The molecule has 0 N–H and O–H groups in total. The molecule has 2 heterocycles. The highest BCUT2D eigenvalue weighted by Gasteiger charge is 2.22. The molecule has 2 aromatic rings. The molecule has 6 nitrogen and oxygen atoms in total. The van der Waals surface area contributed by atoms with Gasteiger partial charge < -0.3 is 9.80 Å². The number of hydrogen-bond acceptors (Lipinski definition) is 5. The normalized spacial score (nSPS) is 15.1. The summed E-state index contributed by atoms with van der Waals surface area (Å²) in [6.45, 7) is 6.55. The van der Waals surface area contributed by atoms with Gasteiger partial charge in [0.05, 0.1) is 6.54 Å². The van der Waals surface area contributed by atoms with E-state index >= 15 is 0 Å². The van der Waals surface area contributed by atoms with Gasteiger partial charge in [0.1, 0.15) is 5.82 Å². The van der Waals surface area contributed by atoms with Crippen LogP contribution in [0.25, 0.3) is 0 Å². The molecule has 0 aliphatic carbocycles. The first-order valence-corrected chi connectivity index (χ1v) is 8.92. The van der Waals surface area contributed by atoms with Crippen molar-refractivity contribution in [3.63, 3.8) is 0 Å². The van der Waals surface area contributed by atoms with E-state index in [4.69, 9.17) is 0 Å². The van der Waals surface area contributed by atoms with Crippen molar-refractivity contribution in [2.24, 2.45) is 0 Å². The summed E-state index contributed by atoms with van der Waals surface area (Å²) in [4.78, 5) is 27.2. The van der Waals surface area contributed by atoms with Crippen LogP contribution in [0.2, 0.25) is 0 Å². The molecule has 1 fully saturated rings. The summed E-state index contributed by atoms with van der Waals surface area (Å²) < 4.78 is 13.3. The number of carbonyl (C=O) groups is 1.